The highest BCUT2D eigenvalue weighted by Gasteiger charge is 2.16. The van der Waals surface area contributed by atoms with Gasteiger partial charge in [0.15, 0.2) is 0 Å². The number of nitrogens with zero attached hydrogens (tertiary/aromatic N) is 1. The topological polar surface area (TPSA) is 22.0 Å². The van der Waals surface area contributed by atoms with Crippen LogP contribution in [-0.2, 0) is 0 Å². The van der Waals surface area contributed by atoms with Gasteiger partial charge in [-0.05, 0) is 41.6 Å². The number of halogens is 2. The van der Waals surface area contributed by atoms with Crippen LogP contribution in [0, 0.1) is 11.6 Å². The minimum atomic E-state index is -0.567. The Labute approximate surface area is 126 Å². The molecule has 0 atom stereocenters. The summed E-state index contributed by atoms with van der Waals surface area (Å²) in [5, 5.41) is 0.581. The van der Waals surface area contributed by atoms with Gasteiger partial charge in [0.2, 0.25) is 0 Å². The first kappa shape index (κ1) is 14.4. The Bertz CT molecular complexity index is 913. The lowest BCUT2D eigenvalue weighted by Gasteiger charge is -2.17. The van der Waals surface area contributed by atoms with Crippen molar-refractivity contribution >= 4 is 10.8 Å². The van der Waals surface area contributed by atoms with Crippen molar-refractivity contribution in [3.05, 3.63) is 76.2 Å². The summed E-state index contributed by atoms with van der Waals surface area (Å²) >= 11 is 0. The zero-order valence-electron chi connectivity index (χ0n) is 12.3. The monoisotopic (exact) mass is 299 g/mol. The predicted octanol–water partition coefficient (Wildman–Crippen LogP) is 4.39. The minimum absolute atomic E-state index is 0.0242. The zero-order valence-corrected chi connectivity index (χ0v) is 12.3. The maximum atomic E-state index is 14.1. The van der Waals surface area contributed by atoms with Gasteiger partial charge < -0.3 is 0 Å². The van der Waals surface area contributed by atoms with Crippen molar-refractivity contribution < 1.29 is 8.78 Å². The number of rotatable bonds is 2. The van der Waals surface area contributed by atoms with E-state index in [-0.39, 0.29) is 11.3 Å². The average molecular weight is 299 g/mol. The minimum Gasteiger partial charge on any atom is -0.280 e. The predicted molar refractivity (Wildman–Crippen MR) is 83.6 cm³/mol. The van der Waals surface area contributed by atoms with E-state index in [9.17, 15) is 13.6 Å². The lowest BCUT2D eigenvalue weighted by Crippen LogP contribution is -2.23. The second kappa shape index (κ2) is 5.37. The highest BCUT2D eigenvalue weighted by Crippen LogP contribution is 2.23. The van der Waals surface area contributed by atoms with Gasteiger partial charge in [-0.3, -0.25) is 9.36 Å². The highest BCUT2D eigenvalue weighted by atomic mass is 19.1. The normalized spacial score (nSPS) is 11.3. The van der Waals surface area contributed by atoms with Gasteiger partial charge in [0.1, 0.15) is 11.6 Å². The molecule has 2 aromatic carbocycles. The fraction of sp³-hybridized carbons (Fsp3) is 0.167. The highest BCUT2D eigenvalue weighted by molar-refractivity contribution is 5.83. The van der Waals surface area contributed by atoms with Crippen molar-refractivity contribution in [2.24, 2.45) is 0 Å². The molecule has 0 fully saturated rings. The molecule has 2 nitrogen and oxygen atoms in total. The molecule has 3 rings (SSSR count). The average Bonchev–Trinajstić information content (AvgIpc) is 2.46. The second-order valence-electron chi connectivity index (χ2n) is 5.55. The first-order valence-corrected chi connectivity index (χ1v) is 7.09. The number of hydrogen-bond acceptors (Lipinski definition) is 1. The third-order valence-electron chi connectivity index (χ3n) is 3.68. The van der Waals surface area contributed by atoms with Gasteiger partial charge >= 0.3 is 0 Å². The van der Waals surface area contributed by atoms with E-state index in [1.54, 1.807) is 24.3 Å². The molecule has 0 N–H and O–H groups in total. The largest absolute Gasteiger partial charge is 0.280 e. The van der Waals surface area contributed by atoms with Crippen LogP contribution in [0.4, 0.5) is 8.78 Å². The van der Waals surface area contributed by atoms with Gasteiger partial charge in [-0.1, -0.05) is 32.0 Å². The molecule has 3 aromatic rings. The van der Waals surface area contributed by atoms with Crippen LogP contribution in [-0.4, -0.2) is 4.57 Å². The molecule has 0 aliphatic rings. The Balaban J connectivity index is 2.46. The maximum Gasteiger partial charge on any atom is 0.266 e. The second-order valence-corrected chi connectivity index (χ2v) is 5.55. The van der Waals surface area contributed by atoms with E-state index < -0.39 is 17.2 Å². The summed E-state index contributed by atoms with van der Waals surface area (Å²) in [6, 6.07) is 12.1. The van der Waals surface area contributed by atoms with Crippen molar-refractivity contribution in [1.29, 1.82) is 0 Å². The third-order valence-corrected chi connectivity index (χ3v) is 3.68. The fourth-order valence-corrected chi connectivity index (χ4v) is 2.65. The molecule has 4 heteroatoms. The first-order chi connectivity index (χ1) is 10.5. The summed E-state index contributed by atoms with van der Waals surface area (Å²) in [5.41, 5.74) is 0.650. The molecule has 0 aliphatic carbocycles. The molecule has 0 saturated carbocycles. The molecule has 0 bridgehead atoms. The van der Waals surface area contributed by atoms with Crippen molar-refractivity contribution in [2.45, 2.75) is 19.8 Å². The van der Waals surface area contributed by atoms with Crippen molar-refractivity contribution in [3.63, 3.8) is 0 Å². The maximum absolute atomic E-state index is 14.1. The van der Waals surface area contributed by atoms with Crippen LogP contribution in [0.25, 0.3) is 16.5 Å². The van der Waals surface area contributed by atoms with Crippen LogP contribution in [0.2, 0.25) is 0 Å². The third kappa shape index (κ3) is 2.30. The van der Waals surface area contributed by atoms with Gasteiger partial charge in [-0.2, -0.15) is 0 Å². The van der Waals surface area contributed by atoms with Crippen LogP contribution in [0.1, 0.15) is 25.5 Å². The molecule has 1 heterocycles. The first-order valence-electron chi connectivity index (χ1n) is 7.09. The van der Waals surface area contributed by atoms with Crippen molar-refractivity contribution in [3.8, 4) is 5.69 Å². The van der Waals surface area contributed by atoms with Gasteiger partial charge in [0.05, 0.1) is 11.1 Å². The van der Waals surface area contributed by atoms with E-state index in [1.165, 1.54) is 28.8 Å². The molecule has 112 valence electrons. The summed E-state index contributed by atoms with van der Waals surface area (Å²) in [4.78, 5) is 12.8. The quantitative estimate of drug-likeness (QED) is 0.688. The van der Waals surface area contributed by atoms with E-state index in [1.807, 2.05) is 13.8 Å². The van der Waals surface area contributed by atoms with Crippen LogP contribution in [0.5, 0.6) is 0 Å². The molecule has 0 unspecified atom stereocenters. The molecule has 0 radical (unpaired) electrons. The lowest BCUT2D eigenvalue weighted by molar-refractivity contribution is 0.624. The molecular formula is C18H15F2NO. The molecule has 0 spiro atoms. The Hall–Kier alpha value is -2.49. The van der Waals surface area contributed by atoms with E-state index in [0.717, 1.165) is 0 Å². The summed E-state index contributed by atoms with van der Waals surface area (Å²) < 4.78 is 29.0. The van der Waals surface area contributed by atoms with Gasteiger partial charge in [-0.15, -0.1) is 0 Å². The van der Waals surface area contributed by atoms with Crippen LogP contribution in [0.15, 0.2) is 53.3 Å². The van der Waals surface area contributed by atoms with E-state index >= 15 is 0 Å². The Morgan fingerprint density at radius 1 is 1.00 bits per heavy atom. The van der Waals surface area contributed by atoms with Gasteiger partial charge in [0.25, 0.3) is 5.56 Å². The Morgan fingerprint density at radius 3 is 2.41 bits per heavy atom. The molecule has 0 saturated heterocycles. The summed E-state index contributed by atoms with van der Waals surface area (Å²) in [6.45, 7) is 3.88. The molecule has 0 aliphatic heterocycles. The van der Waals surface area contributed by atoms with E-state index in [4.69, 9.17) is 0 Å². The Kier molecular flexibility index (Phi) is 3.53. The standard InChI is InChI=1S/C18H15F2NO/c1-11(2)16-9-12-5-3-8-15(20)17(12)18(22)21(16)14-7-4-6-13(19)10-14/h3-11H,1-2H3. The molecular weight excluding hydrogens is 284 g/mol. The zero-order chi connectivity index (χ0) is 15.9. The van der Waals surface area contributed by atoms with Crippen LogP contribution < -0.4 is 5.56 Å². The number of fused-ring (bicyclic) bond motifs is 1. The number of pyridine rings is 1. The smallest absolute Gasteiger partial charge is 0.266 e. The summed E-state index contributed by atoms with van der Waals surface area (Å²) in [7, 11) is 0. The number of benzene rings is 2. The molecule has 1 aromatic heterocycles. The molecule has 0 amide bonds. The fourth-order valence-electron chi connectivity index (χ4n) is 2.65. The number of hydrogen-bond donors (Lipinski definition) is 0. The summed E-state index contributed by atoms with van der Waals surface area (Å²) in [6.07, 6.45) is 0. The van der Waals surface area contributed by atoms with Crippen molar-refractivity contribution in [2.75, 3.05) is 0 Å². The van der Waals surface area contributed by atoms with Crippen molar-refractivity contribution in [1.82, 2.24) is 4.57 Å². The van der Waals surface area contributed by atoms with Gasteiger partial charge in [0, 0.05) is 5.69 Å². The summed E-state index contributed by atoms with van der Waals surface area (Å²) in [5.74, 6) is -0.973. The SMILES string of the molecule is CC(C)c1cc2cccc(F)c2c(=O)n1-c1cccc(F)c1. The lowest BCUT2D eigenvalue weighted by atomic mass is 10.0. The number of aromatic nitrogens is 1. The van der Waals surface area contributed by atoms with Crippen LogP contribution in [0.3, 0.4) is 0 Å². The van der Waals surface area contributed by atoms with E-state index in [0.29, 0.717) is 16.8 Å². The van der Waals surface area contributed by atoms with Crippen LogP contribution >= 0.6 is 0 Å². The van der Waals surface area contributed by atoms with Gasteiger partial charge in [-0.25, -0.2) is 8.78 Å². The molecule has 22 heavy (non-hydrogen) atoms. The Morgan fingerprint density at radius 2 is 1.73 bits per heavy atom. The van der Waals surface area contributed by atoms with E-state index in [2.05, 4.69) is 0 Å².